The third kappa shape index (κ3) is 7.30. The van der Waals surface area contributed by atoms with Crippen LogP contribution >= 0.6 is 35.4 Å². The van der Waals surface area contributed by atoms with Crippen molar-refractivity contribution in [2.24, 2.45) is 0 Å². The minimum absolute atomic E-state index is 0.118. The first-order chi connectivity index (χ1) is 13.5. The topological polar surface area (TPSA) is 50.4 Å². The quantitative estimate of drug-likeness (QED) is 0.347. The summed E-state index contributed by atoms with van der Waals surface area (Å²) in [6, 6.07) is 12.1. The van der Waals surface area contributed by atoms with Crippen LogP contribution in [-0.4, -0.2) is 17.6 Å². The Labute approximate surface area is 181 Å². The van der Waals surface area contributed by atoms with Gasteiger partial charge in [-0.1, -0.05) is 61.9 Å². The lowest BCUT2D eigenvalue weighted by molar-refractivity contribution is 0.0977. The second-order valence-corrected chi connectivity index (χ2v) is 7.51. The van der Waals surface area contributed by atoms with Gasteiger partial charge < -0.3 is 10.1 Å². The van der Waals surface area contributed by atoms with Gasteiger partial charge in [0.15, 0.2) is 5.11 Å². The van der Waals surface area contributed by atoms with Gasteiger partial charge in [0.25, 0.3) is 5.91 Å². The van der Waals surface area contributed by atoms with Gasteiger partial charge in [-0.3, -0.25) is 10.1 Å². The lowest BCUT2D eigenvalue weighted by Crippen LogP contribution is -2.34. The van der Waals surface area contributed by atoms with Gasteiger partial charge in [-0.2, -0.15) is 0 Å². The van der Waals surface area contributed by atoms with E-state index >= 15 is 0 Å². The number of rotatable bonds is 9. The highest BCUT2D eigenvalue weighted by atomic mass is 35.5. The first-order valence-electron chi connectivity index (χ1n) is 9.30. The van der Waals surface area contributed by atoms with Crippen LogP contribution in [0.1, 0.15) is 49.4 Å². The minimum atomic E-state index is -0.327. The molecule has 0 aliphatic carbocycles. The number of amides is 1. The van der Waals surface area contributed by atoms with E-state index in [1.165, 1.54) is 25.7 Å². The van der Waals surface area contributed by atoms with Crippen LogP contribution < -0.4 is 15.4 Å². The van der Waals surface area contributed by atoms with Crippen LogP contribution in [0.25, 0.3) is 0 Å². The van der Waals surface area contributed by atoms with Crippen molar-refractivity contribution in [2.45, 2.75) is 39.0 Å². The number of benzene rings is 2. The molecular weight excluding hydrogens is 415 g/mol. The van der Waals surface area contributed by atoms with Crippen molar-refractivity contribution in [3.8, 4) is 5.75 Å². The number of carbonyl (C=O) groups is 1. The third-order valence-electron chi connectivity index (χ3n) is 4.06. The fourth-order valence-electron chi connectivity index (χ4n) is 2.54. The van der Waals surface area contributed by atoms with Crippen LogP contribution in [0, 0.1) is 0 Å². The molecule has 0 aliphatic heterocycles. The second kappa shape index (κ2) is 11.9. The van der Waals surface area contributed by atoms with Crippen LogP contribution in [0.5, 0.6) is 5.75 Å². The molecule has 0 bridgehead atoms. The van der Waals surface area contributed by atoms with Gasteiger partial charge in [-0.05, 0) is 55.0 Å². The summed E-state index contributed by atoms with van der Waals surface area (Å²) in [6.07, 6.45) is 5.95. The Hall–Kier alpha value is -1.82. The first-order valence-corrected chi connectivity index (χ1v) is 10.5. The van der Waals surface area contributed by atoms with E-state index in [4.69, 9.17) is 40.2 Å². The van der Waals surface area contributed by atoms with Crippen LogP contribution in [0.15, 0.2) is 42.5 Å². The van der Waals surface area contributed by atoms with Gasteiger partial charge in [-0.15, -0.1) is 0 Å². The molecule has 0 atom stereocenters. The number of halogens is 2. The fraction of sp³-hybridized carbons (Fsp3) is 0.333. The molecule has 0 radical (unpaired) electrons. The molecule has 0 saturated heterocycles. The monoisotopic (exact) mass is 438 g/mol. The van der Waals surface area contributed by atoms with Crippen LogP contribution in [0.4, 0.5) is 5.69 Å². The lowest BCUT2D eigenvalue weighted by Gasteiger charge is -2.12. The van der Waals surface area contributed by atoms with Gasteiger partial charge in [0.1, 0.15) is 5.75 Å². The molecule has 2 rings (SSSR count). The summed E-state index contributed by atoms with van der Waals surface area (Å²) in [5.74, 6) is 0.419. The molecule has 0 spiro atoms. The number of anilines is 1. The Morgan fingerprint density at radius 3 is 2.29 bits per heavy atom. The predicted molar refractivity (Wildman–Crippen MR) is 121 cm³/mol. The third-order valence-corrected chi connectivity index (χ3v) is 4.90. The normalized spacial score (nSPS) is 10.4. The van der Waals surface area contributed by atoms with E-state index in [1.807, 2.05) is 0 Å². The molecule has 1 amide bonds. The zero-order chi connectivity index (χ0) is 20.4. The zero-order valence-electron chi connectivity index (χ0n) is 15.8. The maximum atomic E-state index is 12.3. The number of para-hydroxylation sites is 1. The van der Waals surface area contributed by atoms with E-state index in [2.05, 4.69) is 17.6 Å². The van der Waals surface area contributed by atoms with Crippen LogP contribution in [0.2, 0.25) is 10.0 Å². The van der Waals surface area contributed by atoms with Gasteiger partial charge in [-0.25, -0.2) is 0 Å². The molecule has 2 aromatic carbocycles. The Morgan fingerprint density at radius 2 is 1.64 bits per heavy atom. The average molecular weight is 439 g/mol. The molecule has 2 aromatic rings. The van der Waals surface area contributed by atoms with Crippen molar-refractivity contribution in [1.82, 2.24) is 5.32 Å². The van der Waals surface area contributed by atoms with Crippen molar-refractivity contribution in [3.05, 3.63) is 58.1 Å². The summed E-state index contributed by atoms with van der Waals surface area (Å²) in [4.78, 5) is 12.3. The van der Waals surface area contributed by atoms with Crippen molar-refractivity contribution in [3.63, 3.8) is 0 Å². The highest BCUT2D eigenvalue weighted by molar-refractivity contribution is 7.80. The molecule has 28 heavy (non-hydrogen) atoms. The van der Waals surface area contributed by atoms with Gasteiger partial charge in [0, 0.05) is 5.56 Å². The largest absolute Gasteiger partial charge is 0.494 e. The Morgan fingerprint density at radius 1 is 1.00 bits per heavy atom. The van der Waals surface area contributed by atoms with Crippen molar-refractivity contribution < 1.29 is 9.53 Å². The molecule has 0 saturated carbocycles. The number of unbranched alkanes of at least 4 members (excludes halogenated alkanes) is 4. The van der Waals surface area contributed by atoms with Crippen molar-refractivity contribution in [1.29, 1.82) is 0 Å². The number of hydrogen-bond donors (Lipinski definition) is 2. The standard InChI is InChI=1S/C21H24Cl2N2O2S/c1-2-3-4-5-6-14-27-16-12-10-15(11-13-16)20(26)25-21(28)24-19-17(22)8-7-9-18(19)23/h7-13H,2-6,14H2,1H3,(H2,24,25,26,28). The van der Waals surface area contributed by atoms with Gasteiger partial charge >= 0.3 is 0 Å². The number of nitrogens with one attached hydrogen (secondary N) is 2. The predicted octanol–water partition coefficient (Wildman–Crippen LogP) is 6.47. The average Bonchev–Trinajstić information content (AvgIpc) is 2.68. The lowest BCUT2D eigenvalue weighted by atomic mass is 10.2. The Balaban J connectivity index is 1.81. The van der Waals surface area contributed by atoms with E-state index in [-0.39, 0.29) is 11.0 Å². The van der Waals surface area contributed by atoms with Crippen LogP contribution in [0.3, 0.4) is 0 Å². The fourth-order valence-corrected chi connectivity index (χ4v) is 3.22. The summed E-state index contributed by atoms with van der Waals surface area (Å²) in [7, 11) is 0. The van der Waals surface area contributed by atoms with E-state index in [1.54, 1.807) is 42.5 Å². The molecule has 0 heterocycles. The summed E-state index contributed by atoms with van der Waals surface area (Å²) >= 11 is 17.3. The highest BCUT2D eigenvalue weighted by Gasteiger charge is 2.11. The molecule has 0 unspecified atom stereocenters. The number of ether oxygens (including phenoxy) is 1. The number of carbonyl (C=O) groups excluding carboxylic acids is 1. The Bertz CT molecular complexity index is 777. The first kappa shape index (κ1) is 22.5. The van der Waals surface area contributed by atoms with Crippen molar-refractivity contribution >= 4 is 52.1 Å². The summed E-state index contributed by atoms with van der Waals surface area (Å²) in [5.41, 5.74) is 0.934. The molecule has 0 fully saturated rings. The number of hydrogen-bond acceptors (Lipinski definition) is 3. The molecule has 150 valence electrons. The van der Waals surface area contributed by atoms with E-state index in [0.717, 1.165) is 12.2 Å². The highest BCUT2D eigenvalue weighted by Crippen LogP contribution is 2.29. The molecular formula is C21H24Cl2N2O2S. The molecule has 7 heteroatoms. The van der Waals surface area contributed by atoms with Gasteiger partial charge in [0.2, 0.25) is 0 Å². The Kier molecular flexibility index (Phi) is 9.55. The second-order valence-electron chi connectivity index (χ2n) is 6.29. The van der Waals surface area contributed by atoms with E-state index in [0.29, 0.717) is 27.9 Å². The van der Waals surface area contributed by atoms with E-state index < -0.39 is 0 Å². The van der Waals surface area contributed by atoms with Gasteiger partial charge in [0.05, 0.1) is 22.3 Å². The molecule has 0 aromatic heterocycles. The van der Waals surface area contributed by atoms with E-state index in [9.17, 15) is 4.79 Å². The zero-order valence-corrected chi connectivity index (χ0v) is 18.1. The SMILES string of the molecule is CCCCCCCOc1ccc(C(=O)NC(=S)Nc2c(Cl)cccc2Cl)cc1. The molecule has 2 N–H and O–H groups in total. The number of thiocarbonyl (C=S) groups is 1. The summed E-state index contributed by atoms with van der Waals surface area (Å²) in [6.45, 7) is 2.88. The minimum Gasteiger partial charge on any atom is -0.494 e. The maximum absolute atomic E-state index is 12.3. The summed E-state index contributed by atoms with van der Waals surface area (Å²) < 4.78 is 5.71. The molecule has 4 nitrogen and oxygen atoms in total. The van der Waals surface area contributed by atoms with Crippen molar-refractivity contribution in [2.75, 3.05) is 11.9 Å². The smallest absolute Gasteiger partial charge is 0.257 e. The van der Waals surface area contributed by atoms with Crippen LogP contribution in [-0.2, 0) is 0 Å². The molecule has 0 aliphatic rings. The maximum Gasteiger partial charge on any atom is 0.257 e. The summed E-state index contributed by atoms with van der Waals surface area (Å²) in [5, 5.41) is 6.42.